The Morgan fingerprint density at radius 3 is 2.35 bits per heavy atom. The van der Waals surface area contributed by atoms with Crippen molar-refractivity contribution < 1.29 is 13.2 Å². The van der Waals surface area contributed by atoms with Gasteiger partial charge in [0.05, 0.1) is 22.2 Å². The van der Waals surface area contributed by atoms with Crippen LogP contribution in [-0.2, 0) is 28.3 Å². The molecule has 1 fully saturated rings. The fourth-order valence-electron chi connectivity index (χ4n) is 6.11. The zero-order valence-electron chi connectivity index (χ0n) is 27.0. The van der Waals surface area contributed by atoms with Crippen LogP contribution in [0.4, 0.5) is 5.69 Å². The first-order valence-corrected chi connectivity index (χ1v) is 16.7. The number of nitrogens with zero attached hydrogens (tertiary/aromatic N) is 6. The normalized spacial score (nSPS) is 13.7. The Morgan fingerprint density at radius 2 is 1.69 bits per heavy atom. The highest BCUT2D eigenvalue weighted by molar-refractivity contribution is 7.93. The summed E-state index contributed by atoms with van der Waals surface area (Å²) in [6.07, 6.45) is 3.77. The maximum absolute atomic E-state index is 14.5. The van der Waals surface area contributed by atoms with Crippen molar-refractivity contribution in [3.63, 3.8) is 0 Å². The molecule has 2 aromatic heterocycles. The Morgan fingerprint density at radius 1 is 1.00 bits per heavy atom. The SMILES string of the molecule is CN(C)C1CCN(C(=O)CN(c2ccc3c(c2)nc(Cc2ccc(C(=N)N)cc2)n3C)S(=O)(=O)c2cccc3cccnc23)CC1.Cl.Cl. The van der Waals surface area contributed by atoms with Gasteiger partial charge in [-0.05, 0) is 62.8 Å². The van der Waals surface area contributed by atoms with Gasteiger partial charge in [0.2, 0.25) is 5.91 Å². The Labute approximate surface area is 293 Å². The molecule has 0 radical (unpaired) electrons. The Balaban J connectivity index is 0.00000260. The van der Waals surface area contributed by atoms with Gasteiger partial charge in [-0.2, -0.15) is 0 Å². The third-order valence-corrected chi connectivity index (χ3v) is 10.7. The van der Waals surface area contributed by atoms with Gasteiger partial charge in [-0.15, -0.1) is 24.8 Å². The molecule has 1 saturated heterocycles. The number of benzene rings is 3. The van der Waals surface area contributed by atoms with E-state index in [1.807, 2.05) is 68.2 Å². The van der Waals surface area contributed by atoms with Crippen LogP contribution < -0.4 is 10.0 Å². The molecule has 0 atom stereocenters. The minimum absolute atomic E-state index is 0. The number of para-hydroxylation sites is 1. The lowest BCUT2D eigenvalue weighted by molar-refractivity contribution is -0.131. The summed E-state index contributed by atoms with van der Waals surface area (Å²) in [5, 5.41) is 8.33. The highest BCUT2D eigenvalue weighted by Crippen LogP contribution is 2.31. The summed E-state index contributed by atoms with van der Waals surface area (Å²) in [5.74, 6) is 0.553. The van der Waals surface area contributed by atoms with Gasteiger partial charge in [0.1, 0.15) is 23.1 Å². The molecule has 11 nitrogen and oxygen atoms in total. The fraction of sp³-hybridized carbons (Fsp3) is 0.294. The van der Waals surface area contributed by atoms with Crippen molar-refractivity contribution in [2.75, 3.05) is 38.0 Å². The average molecular weight is 712 g/mol. The summed E-state index contributed by atoms with van der Waals surface area (Å²) in [6, 6.07) is 21.8. The van der Waals surface area contributed by atoms with E-state index < -0.39 is 10.0 Å². The standard InChI is InChI=1S/C34H38N8O3S.2ClH/c1-39(2)26-15-18-41(19-16-26)32(43)22-42(46(44,45)30-8-4-6-24-7-5-17-37-33(24)30)27-13-14-29-28(21-27)38-31(40(29)3)20-23-9-11-25(12-10-23)34(35)36;;/h4-14,17,21,26H,15-16,18-20,22H2,1-3H3,(H3,35,36);2*1H. The van der Waals surface area contributed by atoms with E-state index in [-0.39, 0.29) is 48.0 Å². The molecule has 5 aromatic rings. The number of amides is 1. The predicted octanol–water partition coefficient (Wildman–Crippen LogP) is 4.59. The molecule has 6 rings (SSSR count). The van der Waals surface area contributed by atoms with Gasteiger partial charge in [0.15, 0.2) is 0 Å². The van der Waals surface area contributed by atoms with Gasteiger partial charge in [0, 0.05) is 49.7 Å². The van der Waals surface area contributed by atoms with Crippen LogP contribution in [-0.4, -0.2) is 84.3 Å². The van der Waals surface area contributed by atoms with Crippen LogP contribution >= 0.6 is 24.8 Å². The molecule has 1 amide bonds. The number of rotatable bonds is 9. The molecule has 3 heterocycles. The van der Waals surface area contributed by atoms with E-state index >= 15 is 0 Å². The van der Waals surface area contributed by atoms with Crippen molar-refractivity contribution in [2.24, 2.45) is 12.8 Å². The lowest BCUT2D eigenvalue weighted by atomic mass is 10.0. The second kappa shape index (κ2) is 14.9. The molecule has 3 N–H and O–H groups in total. The van der Waals surface area contributed by atoms with Crippen LogP contribution in [0.2, 0.25) is 0 Å². The van der Waals surface area contributed by atoms with E-state index in [2.05, 4.69) is 9.88 Å². The van der Waals surface area contributed by atoms with Crippen LogP contribution in [0.15, 0.2) is 83.9 Å². The first-order chi connectivity index (χ1) is 22.0. The Hall–Kier alpha value is -4.23. The number of anilines is 1. The van der Waals surface area contributed by atoms with E-state index in [0.29, 0.717) is 53.2 Å². The molecule has 48 heavy (non-hydrogen) atoms. The molecule has 0 aliphatic carbocycles. The van der Waals surface area contributed by atoms with Crippen molar-refractivity contribution >= 4 is 74.2 Å². The van der Waals surface area contributed by atoms with Crippen molar-refractivity contribution in [3.8, 4) is 0 Å². The zero-order chi connectivity index (χ0) is 32.6. The smallest absolute Gasteiger partial charge is 0.266 e. The lowest BCUT2D eigenvalue weighted by Gasteiger charge is -2.36. The van der Waals surface area contributed by atoms with Crippen LogP contribution in [0.25, 0.3) is 21.9 Å². The minimum Gasteiger partial charge on any atom is -0.384 e. The number of nitrogens with two attached hydrogens (primary N) is 1. The second-order valence-electron chi connectivity index (χ2n) is 12.0. The lowest BCUT2D eigenvalue weighted by Crippen LogP contribution is -2.48. The number of hydrogen-bond donors (Lipinski definition) is 2. The van der Waals surface area contributed by atoms with E-state index in [1.165, 1.54) is 4.31 Å². The first kappa shape index (κ1) is 36.6. The molecule has 254 valence electrons. The number of sulfonamides is 1. The Kier molecular flexibility index (Phi) is 11.4. The molecule has 0 unspecified atom stereocenters. The van der Waals surface area contributed by atoms with Gasteiger partial charge < -0.3 is 20.1 Å². The number of pyridine rings is 1. The van der Waals surface area contributed by atoms with Crippen LogP contribution in [0.5, 0.6) is 0 Å². The summed E-state index contributed by atoms with van der Waals surface area (Å²) >= 11 is 0. The number of carbonyl (C=O) groups excluding carboxylic acids is 1. The third kappa shape index (κ3) is 7.26. The molecule has 0 saturated carbocycles. The maximum atomic E-state index is 14.5. The number of aryl methyl sites for hydroxylation is 1. The number of likely N-dealkylation sites (tertiary alicyclic amines) is 1. The van der Waals surface area contributed by atoms with Gasteiger partial charge in [-0.3, -0.25) is 19.5 Å². The topological polar surface area (TPSA) is 142 Å². The number of hydrogen-bond acceptors (Lipinski definition) is 7. The van der Waals surface area contributed by atoms with E-state index in [4.69, 9.17) is 16.1 Å². The van der Waals surface area contributed by atoms with Gasteiger partial charge in [-0.25, -0.2) is 13.4 Å². The summed E-state index contributed by atoms with van der Waals surface area (Å²) in [5.41, 5.74) is 9.41. The van der Waals surface area contributed by atoms with Gasteiger partial charge >= 0.3 is 0 Å². The molecule has 0 spiro atoms. The van der Waals surface area contributed by atoms with Crippen molar-refractivity contribution in [1.82, 2.24) is 24.3 Å². The van der Waals surface area contributed by atoms with Crippen LogP contribution in [0.1, 0.15) is 29.8 Å². The molecular formula is C34H40Cl2N8O3S. The summed E-state index contributed by atoms with van der Waals surface area (Å²) in [7, 11) is 1.78. The van der Waals surface area contributed by atoms with E-state index in [0.717, 1.165) is 29.7 Å². The molecule has 1 aliphatic rings. The van der Waals surface area contributed by atoms with Crippen LogP contribution in [0.3, 0.4) is 0 Å². The number of halogens is 2. The molecule has 0 bridgehead atoms. The number of aromatic nitrogens is 3. The zero-order valence-corrected chi connectivity index (χ0v) is 29.5. The molecule has 1 aliphatic heterocycles. The molecule has 14 heteroatoms. The highest BCUT2D eigenvalue weighted by atomic mass is 35.5. The quantitative estimate of drug-likeness (QED) is 0.168. The van der Waals surface area contributed by atoms with E-state index in [9.17, 15) is 13.2 Å². The second-order valence-corrected chi connectivity index (χ2v) is 13.8. The number of nitrogens with one attached hydrogen (secondary N) is 1. The van der Waals surface area contributed by atoms with Crippen molar-refractivity contribution in [1.29, 1.82) is 5.41 Å². The number of carbonyl (C=O) groups is 1. The number of amidine groups is 1. The number of nitrogen functional groups attached to an aromatic ring is 1. The number of fused-ring (bicyclic) bond motifs is 2. The van der Waals surface area contributed by atoms with Gasteiger partial charge in [-0.1, -0.05) is 42.5 Å². The average Bonchev–Trinajstić information content (AvgIpc) is 3.36. The largest absolute Gasteiger partial charge is 0.384 e. The van der Waals surface area contributed by atoms with Crippen molar-refractivity contribution in [3.05, 3.63) is 95.9 Å². The monoisotopic (exact) mass is 710 g/mol. The summed E-state index contributed by atoms with van der Waals surface area (Å²) in [6.45, 7) is 0.800. The first-order valence-electron chi connectivity index (χ1n) is 15.2. The minimum atomic E-state index is -4.22. The Bertz CT molecular complexity index is 2040. The third-order valence-electron chi connectivity index (χ3n) is 8.86. The van der Waals surface area contributed by atoms with Gasteiger partial charge in [0.25, 0.3) is 10.0 Å². The highest BCUT2D eigenvalue weighted by Gasteiger charge is 2.32. The number of imidazole rings is 1. The molecule has 3 aromatic carbocycles. The summed E-state index contributed by atoms with van der Waals surface area (Å²) < 4.78 is 32.2. The van der Waals surface area contributed by atoms with E-state index in [1.54, 1.807) is 41.4 Å². The molecular weight excluding hydrogens is 671 g/mol. The maximum Gasteiger partial charge on any atom is 0.266 e. The predicted molar refractivity (Wildman–Crippen MR) is 195 cm³/mol. The number of piperidine rings is 1. The fourth-order valence-corrected chi connectivity index (χ4v) is 7.68. The summed E-state index contributed by atoms with van der Waals surface area (Å²) in [4.78, 5) is 27.0. The van der Waals surface area contributed by atoms with Crippen LogP contribution in [0, 0.1) is 5.41 Å². The van der Waals surface area contributed by atoms with Crippen molar-refractivity contribution in [2.45, 2.75) is 30.2 Å².